The monoisotopic (exact) mass is 250 g/mol. The van der Waals surface area contributed by atoms with E-state index >= 15 is 0 Å². The Labute approximate surface area is 108 Å². The van der Waals surface area contributed by atoms with Gasteiger partial charge in [0.15, 0.2) is 0 Å². The summed E-state index contributed by atoms with van der Waals surface area (Å²) in [5.41, 5.74) is -0.0111. The van der Waals surface area contributed by atoms with E-state index in [1.54, 1.807) is 0 Å². The summed E-state index contributed by atoms with van der Waals surface area (Å²) < 4.78 is 5.44. The first-order chi connectivity index (χ1) is 8.61. The highest BCUT2D eigenvalue weighted by atomic mass is 16.5. The minimum Gasteiger partial charge on any atom is -0.379 e. The van der Waals surface area contributed by atoms with Crippen molar-refractivity contribution in [1.29, 1.82) is 0 Å². The molecular formula is C13H22N4O. The largest absolute Gasteiger partial charge is 0.379 e. The van der Waals surface area contributed by atoms with Crippen LogP contribution < -0.4 is 10.6 Å². The molecule has 2 N–H and O–H groups in total. The molecule has 1 fully saturated rings. The lowest BCUT2D eigenvalue weighted by Crippen LogP contribution is -2.35. The smallest absolute Gasteiger partial charge is 0.132 e. The van der Waals surface area contributed by atoms with Gasteiger partial charge in [-0.05, 0) is 26.7 Å². The van der Waals surface area contributed by atoms with E-state index in [2.05, 4.69) is 34.4 Å². The number of aromatic nitrogens is 2. The first-order valence-corrected chi connectivity index (χ1v) is 6.57. The lowest BCUT2D eigenvalue weighted by Gasteiger charge is -2.24. The maximum Gasteiger partial charge on any atom is 0.132 e. The van der Waals surface area contributed by atoms with Gasteiger partial charge in [0.2, 0.25) is 0 Å². The lowest BCUT2D eigenvalue weighted by molar-refractivity contribution is 0.185. The lowest BCUT2D eigenvalue weighted by atomic mass is 10.0. The molecule has 5 nitrogen and oxygen atoms in total. The van der Waals surface area contributed by atoms with Crippen molar-refractivity contribution in [1.82, 2.24) is 9.97 Å². The van der Waals surface area contributed by atoms with Gasteiger partial charge in [0.1, 0.15) is 17.5 Å². The van der Waals surface area contributed by atoms with Gasteiger partial charge >= 0.3 is 0 Å². The van der Waals surface area contributed by atoms with E-state index in [4.69, 9.17) is 4.74 Å². The molecule has 2 rings (SSSR count). The Balaban J connectivity index is 2.09. The highest BCUT2D eigenvalue weighted by Crippen LogP contribution is 2.23. The summed E-state index contributed by atoms with van der Waals surface area (Å²) in [5, 5.41) is 6.75. The second-order valence-electron chi connectivity index (χ2n) is 5.10. The van der Waals surface area contributed by atoms with Crippen molar-refractivity contribution in [2.45, 2.75) is 39.2 Å². The van der Waals surface area contributed by atoms with E-state index in [0.717, 1.165) is 50.1 Å². The average Bonchev–Trinajstić information content (AvgIpc) is 2.72. The predicted octanol–water partition coefficient (Wildman–Crippen LogP) is 2.20. The Morgan fingerprint density at radius 1 is 1.39 bits per heavy atom. The van der Waals surface area contributed by atoms with Crippen LogP contribution in [0.5, 0.6) is 0 Å². The van der Waals surface area contributed by atoms with Crippen molar-refractivity contribution < 1.29 is 4.74 Å². The highest BCUT2D eigenvalue weighted by Gasteiger charge is 2.29. The number of aryl methyl sites for hydroxylation is 1. The molecule has 5 heteroatoms. The molecule has 1 aliphatic rings. The summed E-state index contributed by atoms with van der Waals surface area (Å²) in [6, 6.07) is 1.96. The van der Waals surface area contributed by atoms with Crippen molar-refractivity contribution in [2.24, 2.45) is 0 Å². The van der Waals surface area contributed by atoms with Gasteiger partial charge in [-0.15, -0.1) is 0 Å². The maximum atomic E-state index is 5.44. The minimum absolute atomic E-state index is 0.0111. The van der Waals surface area contributed by atoms with E-state index in [1.807, 2.05) is 13.0 Å². The zero-order valence-corrected chi connectivity index (χ0v) is 11.4. The first kappa shape index (κ1) is 13.1. The third kappa shape index (κ3) is 3.32. The molecule has 0 amide bonds. The van der Waals surface area contributed by atoms with E-state index in [0.29, 0.717) is 0 Å². The van der Waals surface area contributed by atoms with Crippen molar-refractivity contribution >= 4 is 11.6 Å². The first-order valence-electron chi connectivity index (χ1n) is 6.57. The Kier molecular flexibility index (Phi) is 4.01. The van der Waals surface area contributed by atoms with Gasteiger partial charge < -0.3 is 15.4 Å². The third-order valence-electron chi connectivity index (χ3n) is 3.04. The Morgan fingerprint density at radius 2 is 2.17 bits per heavy atom. The van der Waals surface area contributed by atoms with Crippen molar-refractivity contribution in [3.8, 4) is 0 Å². The Bertz CT molecular complexity index is 402. The quantitative estimate of drug-likeness (QED) is 0.839. The maximum absolute atomic E-state index is 5.44. The molecule has 0 aromatic carbocycles. The number of nitrogens with one attached hydrogen (secondary N) is 2. The molecule has 1 saturated heterocycles. The van der Waals surface area contributed by atoms with Gasteiger partial charge in [-0.2, -0.15) is 0 Å². The molecule has 0 spiro atoms. The van der Waals surface area contributed by atoms with E-state index in [1.165, 1.54) is 0 Å². The summed E-state index contributed by atoms with van der Waals surface area (Å²) >= 11 is 0. The summed E-state index contributed by atoms with van der Waals surface area (Å²) in [7, 11) is 0. The molecule has 2 heterocycles. The van der Waals surface area contributed by atoms with Crippen LogP contribution in [0.2, 0.25) is 0 Å². The van der Waals surface area contributed by atoms with Crippen LogP contribution in [0.3, 0.4) is 0 Å². The SMILES string of the molecule is CCCNc1cc(NC2(C)CCOC2)nc(C)n1. The Hall–Kier alpha value is -1.36. The van der Waals surface area contributed by atoms with Crippen LogP contribution in [0.1, 0.15) is 32.5 Å². The highest BCUT2D eigenvalue weighted by molar-refractivity contribution is 5.49. The topological polar surface area (TPSA) is 59.1 Å². The molecule has 100 valence electrons. The summed E-state index contributed by atoms with van der Waals surface area (Å²) in [4.78, 5) is 8.81. The number of nitrogens with zero attached hydrogens (tertiary/aromatic N) is 2. The molecule has 0 aliphatic carbocycles. The summed E-state index contributed by atoms with van der Waals surface area (Å²) in [6.45, 7) is 8.68. The standard InChI is InChI=1S/C13H22N4O/c1-4-6-14-11-8-12(16-10(2)15-11)17-13(3)5-7-18-9-13/h8H,4-7,9H2,1-3H3,(H2,14,15,16,17). The van der Waals surface area contributed by atoms with Crippen molar-refractivity contribution in [3.63, 3.8) is 0 Å². The molecule has 0 saturated carbocycles. The summed E-state index contributed by atoms with van der Waals surface area (Å²) in [6.07, 6.45) is 2.09. The molecule has 18 heavy (non-hydrogen) atoms. The molecule has 1 aromatic rings. The molecule has 1 unspecified atom stereocenters. The second-order valence-corrected chi connectivity index (χ2v) is 5.10. The zero-order chi connectivity index (χ0) is 13.0. The fourth-order valence-corrected chi connectivity index (χ4v) is 2.05. The molecule has 1 atom stereocenters. The molecule has 1 aromatic heterocycles. The van der Waals surface area contributed by atoms with Crippen LogP contribution in [0.15, 0.2) is 6.07 Å². The molecule has 0 radical (unpaired) electrons. The van der Waals surface area contributed by atoms with Gasteiger partial charge in [-0.1, -0.05) is 6.92 Å². The minimum atomic E-state index is -0.0111. The number of anilines is 2. The number of hydrogen-bond donors (Lipinski definition) is 2. The van der Waals surface area contributed by atoms with Gasteiger partial charge in [0, 0.05) is 19.2 Å². The fourth-order valence-electron chi connectivity index (χ4n) is 2.05. The fraction of sp³-hybridized carbons (Fsp3) is 0.692. The zero-order valence-electron chi connectivity index (χ0n) is 11.4. The summed E-state index contributed by atoms with van der Waals surface area (Å²) in [5.74, 6) is 2.53. The van der Waals surface area contributed by atoms with Gasteiger partial charge in [0.25, 0.3) is 0 Å². The number of ether oxygens (including phenoxy) is 1. The normalized spacial score (nSPS) is 23.1. The van der Waals surface area contributed by atoms with Crippen LogP contribution in [-0.4, -0.2) is 35.3 Å². The van der Waals surface area contributed by atoms with Crippen LogP contribution in [0.4, 0.5) is 11.6 Å². The van der Waals surface area contributed by atoms with Crippen LogP contribution in [0.25, 0.3) is 0 Å². The van der Waals surface area contributed by atoms with Crippen LogP contribution >= 0.6 is 0 Å². The second kappa shape index (κ2) is 5.52. The molecular weight excluding hydrogens is 228 g/mol. The van der Waals surface area contributed by atoms with Gasteiger partial charge in [-0.3, -0.25) is 0 Å². The van der Waals surface area contributed by atoms with E-state index < -0.39 is 0 Å². The van der Waals surface area contributed by atoms with E-state index in [-0.39, 0.29) is 5.54 Å². The van der Waals surface area contributed by atoms with Crippen LogP contribution in [-0.2, 0) is 4.74 Å². The average molecular weight is 250 g/mol. The van der Waals surface area contributed by atoms with Gasteiger partial charge in [0.05, 0.1) is 12.1 Å². The third-order valence-corrected chi connectivity index (χ3v) is 3.04. The van der Waals surface area contributed by atoms with Crippen LogP contribution in [0, 0.1) is 6.92 Å². The predicted molar refractivity (Wildman–Crippen MR) is 73.0 cm³/mol. The molecule has 0 bridgehead atoms. The van der Waals surface area contributed by atoms with Crippen molar-refractivity contribution in [2.75, 3.05) is 30.4 Å². The molecule has 1 aliphatic heterocycles. The van der Waals surface area contributed by atoms with Gasteiger partial charge in [-0.25, -0.2) is 9.97 Å². The Morgan fingerprint density at radius 3 is 2.83 bits per heavy atom. The van der Waals surface area contributed by atoms with E-state index in [9.17, 15) is 0 Å². The number of rotatable bonds is 5. The number of hydrogen-bond acceptors (Lipinski definition) is 5. The van der Waals surface area contributed by atoms with Crippen molar-refractivity contribution in [3.05, 3.63) is 11.9 Å².